The lowest BCUT2D eigenvalue weighted by atomic mass is 9.90. The van der Waals surface area contributed by atoms with Gasteiger partial charge in [0.1, 0.15) is 0 Å². The molecule has 0 fully saturated rings. The summed E-state index contributed by atoms with van der Waals surface area (Å²) in [5.74, 6) is 0.127. The SMILES string of the molecule is CCCNC(C)C(C)c1ccc([N+](=O)[O-])cc1C#N. The predicted octanol–water partition coefficient (Wildman–Crippen LogP) is 2.96. The van der Waals surface area contributed by atoms with Crippen molar-refractivity contribution in [2.75, 3.05) is 6.54 Å². The minimum absolute atomic E-state index is 0.0401. The van der Waals surface area contributed by atoms with E-state index in [1.165, 1.54) is 12.1 Å². The summed E-state index contributed by atoms with van der Waals surface area (Å²) in [5, 5.41) is 23.2. The molecule has 0 saturated carbocycles. The molecule has 0 aliphatic carbocycles. The highest BCUT2D eigenvalue weighted by molar-refractivity contribution is 5.48. The maximum Gasteiger partial charge on any atom is 0.270 e. The lowest BCUT2D eigenvalue weighted by Crippen LogP contribution is -2.31. The largest absolute Gasteiger partial charge is 0.314 e. The molecule has 0 aliphatic rings. The lowest BCUT2D eigenvalue weighted by molar-refractivity contribution is -0.384. The molecule has 1 rings (SSSR count). The van der Waals surface area contributed by atoms with E-state index in [2.05, 4.69) is 25.2 Å². The summed E-state index contributed by atoms with van der Waals surface area (Å²) in [7, 11) is 0. The molecule has 0 amide bonds. The Hall–Kier alpha value is -1.93. The first kappa shape index (κ1) is 15.1. The van der Waals surface area contributed by atoms with Gasteiger partial charge in [0.25, 0.3) is 5.69 Å². The Labute approximate surface area is 113 Å². The first-order chi connectivity index (χ1) is 9.01. The normalized spacial score (nSPS) is 13.6. The van der Waals surface area contributed by atoms with E-state index in [0.29, 0.717) is 5.56 Å². The first-order valence-corrected chi connectivity index (χ1v) is 6.43. The van der Waals surface area contributed by atoms with Crippen molar-refractivity contribution in [3.05, 3.63) is 39.4 Å². The Morgan fingerprint density at radius 1 is 1.47 bits per heavy atom. The minimum Gasteiger partial charge on any atom is -0.314 e. The number of nitrogens with one attached hydrogen (secondary N) is 1. The van der Waals surface area contributed by atoms with Gasteiger partial charge in [0.15, 0.2) is 0 Å². The molecule has 1 N–H and O–H groups in total. The van der Waals surface area contributed by atoms with Crippen molar-refractivity contribution in [1.82, 2.24) is 5.32 Å². The summed E-state index contributed by atoms with van der Waals surface area (Å²) in [4.78, 5) is 10.2. The van der Waals surface area contributed by atoms with E-state index in [4.69, 9.17) is 5.26 Å². The number of nitrogens with zero attached hydrogens (tertiary/aromatic N) is 2. The number of hydrogen-bond acceptors (Lipinski definition) is 4. The molecule has 2 atom stereocenters. The van der Waals surface area contributed by atoms with Gasteiger partial charge in [0.2, 0.25) is 0 Å². The number of non-ortho nitro benzene ring substituents is 1. The van der Waals surface area contributed by atoms with Crippen LogP contribution in [0.1, 0.15) is 44.2 Å². The van der Waals surface area contributed by atoms with Crippen LogP contribution in [-0.2, 0) is 0 Å². The molecule has 0 bridgehead atoms. The molecule has 1 aromatic rings. The molecule has 0 aliphatic heterocycles. The zero-order chi connectivity index (χ0) is 14.4. The van der Waals surface area contributed by atoms with Gasteiger partial charge in [0.05, 0.1) is 16.6 Å². The van der Waals surface area contributed by atoms with E-state index in [0.717, 1.165) is 18.5 Å². The number of benzene rings is 1. The highest BCUT2D eigenvalue weighted by Crippen LogP contribution is 2.26. The Bertz CT molecular complexity index is 494. The standard InChI is InChI=1S/C14H19N3O2/c1-4-7-16-11(3)10(2)14-6-5-13(17(18)19)8-12(14)9-15/h5-6,8,10-11,16H,4,7H2,1-3H3. The van der Waals surface area contributed by atoms with Gasteiger partial charge in [0, 0.05) is 18.2 Å². The van der Waals surface area contributed by atoms with E-state index < -0.39 is 4.92 Å². The third kappa shape index (κ3) is 3.76. The summed E-state index contributed by atoms with van der Waals surface area (Å²) in [6.45, 7) is 7.09. The highest BCUT2D eigenvalue weighted by Gasteiger charge is 2.19. The number of nitriles is 1. The van der Waals surface area contributed by atoms with Crippen molar-refractivity contribution >= 4 is 5.69 Å². The second-order valence-electron chi connectivity index (χ2n) is 4.67. The van der Waals surface area contributed by atoms with Gasteiger partial charge in [-0.15, -0.1) is 0 Å². The molecule has 1 aromatic carbocycles. The predicted molar refractivity (Wildman–Crippen MR) is 74.0 cm³/mol. The third-order valence-corrected chi connectivity index (χ3v) is 3.33. The summed E-state index contributed by atoms with van der Waals surface area (Å²) < 4.78 is 0. The average molecular weight is 261 g/mol. The highest BCUT2D eigenvalue weighted by atomic mass is 16.6. The fourth-order valence-corrected chi connectivity index (χ4v) is 1.97. The summed E-state index contributed by atoms with van der Waals surface area (Å²) in [6, 6.07) is 6.76. The van der Waals surface area contributed by atoms with E-state index >= 15 is 0 Å². The van der Waals surface area contributed by atoms with Crippen LogP contribution in [0.5, 0.6) is 0 Å². The Morgan fingerprint density at radius 2 is 2.16 bits per heavy atom. The first-order valence-electron chi connectivity index (χ1n) is 6.43. The van der Waals surface area contributed by atoms with Crippen molar-refractivity contribution in [3.8, 4) is 6.07 Å². The van der Waals surface area contributed by atoms with Crippen LogP contribution < -0.4 is 5.32 Å². The second-order valence-corrected chi connectivity index (χ2v) is 4.67. The van der Waals surface area contributed by atoms with Crippen molar-refractivity contribution in [1.29, 1.82) is 5.26 Å². The summed E-state index contributed by atoms with van der Waals surface area (Å²) >= 11 is 0. The summed E-state index contributed by atoms with van der Waals surface area (Å²) in [5.41, 5.74) is 1.19. The average Bonchev–Trinajstić information content (AvgIpc) is 2.42. The summed E-state index contributed by atoms with van der Waals surface area (Å²) in [6.07, 6.45) is 1.04. The van der Waals surface area contributed by atoms with Crippen molar-refractivity contribution < 1.29 is 4.92 Å². The van der Waals surface area contributed by atoms with E-state index in [1.54, 1.807) is 6.07 Å². The number of hydrogen-bond donors (Lipinski definition) is 1. The van der Waals surface area contributed by atoms with Crippen molar-refractivity contribution in [2.24, 2.45) is 0 Å². The van der Waals surface area contributed by atoms with E-state index in [-0.39, 0.29) is 17.6 Å². The maximum absolute atomic E-state index is 10.7. The monoisotopic (exact) mass is 261 g/mol. The number of nitro benzene ring substituents is 1. The zero-order valence-electron chi connectivity index (χ0n) is 11.5. The van der Waals surface area contributed by atoms with Crippen LogP contribution in [0.15, 0.2) is 18.2 Å². The van der Waals surface area contributed by atoms with Gasteiger partial charge in [-0.25, -0.2) is 0 Å². The molecule has 0 radical (unpaired) electrons. The molecular weight excluding hydrogens is 242 g/mol. The number of rotatable bonds is 6. The molecule has 5 nitrogen and oxygen atoms in total. The van der Waals surface area contributed by atoms with Gasteiger partial charge in [-0.1, -0.05) is 19.9 Å². The van der Waals surface area contributed by atoms with Crippen LogP contribution in [0, 0.1) is 21.4 Å². The molecule has 0 saturated heterocycles. The number of nitro groups is 1. The van der Waals surface area contributed by atoms with Crippen molar-refractivity contribution in [3.63, 3.8) is 0 Å². The van der Waals surface area contributed by atoms with Crippen LogP contribution >= 0.6 is 0 Å². The molecule has 102 valence electrons. The molecule has 0 heterocycles. The van der Waals surface area contributed by atoms with Gasteiger partial charge in [-0.2, -0.15) is 5.26 Å². The zero-order valence-corrected chi connectivity index (χ0v) is 11.5. The third-order valence-electron chi connectivity index (χ3n) is 3.33. The smallest absolute Gasteiger partial charge is 0.270 e. The van der Waals surface area contributed by atoms with E-state index in [9.17, 15) is 10.1 Å². The topological polar surface area (TPSA) is 79.0 Å². The van der Waals surface area contributed by atoms with Crippen molar-refractivity contribution in [2.45, 2.75) is 39.2 Å². The van der Waals surface area contributed by atoms with Crippen LogP contribution in [0.3, 0.4) is 0 Å². The maximum atomic E-state index is 10.7. The molecule has 0 aromatic heterocycles. The van der Waals surface area contributed by atoms with Gasteiger partial charge in [-0.3, -0.25) is 10.1 Å². The van der Waals surface area contributed by atoms with Crippen LogP contribution in [-0.4, -0.2) is 17.5 Å². The van der Waals surface area contributed by atoms with Crippen LogP contribution in [0.2, 0.25) is 0 Å². The van der Waals surface area contributed by atoms with Crippen LogP contribution in [0.25, 0.3) is 0 Å². The quantitative estimate of drug-likeness (QED) is 0.630. The van der Waals surface area contributed by atoms with E-state index in [1.807, 2.05) is 6.92 Å². The molecule has 5 heteroatoms. The van der Waals surface area contributed by atoms with Gasteiger partial charge >= 0.3 is 0 Å². The fourth-order valence-electron chi connectivity index (χ4n) is 1.97. The van der Waals surface area contributed by atoms with Crippen LogP contribution in [0.4, 0.5) is 5.69 Å². The molecular formula is C14H19N3O2. The van der Waals surface area contributed by atoms with Gasteiger partial charge in [-0.05, 0) is 31.4 Å². The lowest BCUT2D eigenvalue weighted by Gasteiger charge is -2.22. The molecule has 2 unspecified atom stereocenters. The Balaban J connectivity index is 3.00. The minimum atomic E-state index is -0.478. The molecule has 0 spiro atoms. The Kier molecular flexibility index (Phi) is 5.46. The van der Waals surface area contributed by atoms with Gasteiger partial charge < -0.3 is 5.32 Å². The molecule has 19 heavy (non-hydrogen) atoms. The Morgan fingerprint density at radius 3 is 2.68 bits per heavy atom. The second kappa shape index (κ2) is 6.86. The fraction of sp³-hybridized carbons (Fsp3) is 0.500.